The molecule has 6 nitrogen and oxygen atoms in total. The SMILES string of the molecule is COc1ccc(CNc2cc(C)nc(NN)n2)cc1. The maximum Gasteiger partial charge on any atom is 0.239 e. The molecule has 0 bridgehead atoms. The second-order valence-corrected chi connectivity index (χ2v) is 4.06. The average molecular weight is 259 g/mol. The topological polar surface area (TPSA) is 85.1 Å². The van der Waals surface area contributed by atoms with E-state index in [1.54, 1.807) is 7.11 Å². The molecule has 0 radical (unpaired) electrons. The zero-order valence-corrected chi connectivity index (χ0v) is 11.0. The molecule has 0 saturated carbocycles. The predicted molar refractivity (Wildman–Crippen MR) is 74.9 cm³/mol. The van der Waals surface area contributed by atoms with E-state index in [0.717, 1.165) is 22.8 Å². The lowest BCUT2D eigenvalue weighted by Crippen LogP contribution is -2.12. The van der Waals surface area contributed by atoms with E-state index < -0.39 is 0 Å². The fourth-order valence-electron chi connectivity index (χ4n) is 1.66. The van der Waals surface area contributed by atoms with E-state index in [9.17, 15) is 0 Å². The van der Waals surface area contributed by atoms with Crippen LogP contribution in [0.25, 0.3) is 0 Å². The van der Waals surface area contributed by atoms with Crippen LogP contribution in [0.4, 0.5) is 11.8 Å². The van der Waals surface area contributed by atoms with Gasteiger partial charge < -0.3 is 10.1 Å². The fourth-order valence-corrected chi connectivity index (χ4v) is 1.66. The van der Waals surface area contributed by atoms with Gasteiger partial charge in [-0.3, -0.25) is 5.43 Å². The van der Waals surface area contributed by atoms with E-state index in [1.165, 1.54) is 0 Å². The van der Waals surface area contributed by atoms with Crippen LogP contribution >= 0.6 is 0 Å². The van der Waals surface area contributed by atoms with Crippen LogP contribution in [0.2, 0.25) is 0 Å². The maximum atomic E-state index is 5.31. The molecule has 0 aliphatic rings. The summed E-state index contributed by atoms with van der Waals surface area (Å²) in [6.45, 7) is 2.56. The number of nitrogens with two attached hydrogens (primary N) is 1. The first-order chi connectivity index (χ1) is 9.21. The van der Waals surface area contributed by atoms with Crippen molar-refractivity contribution in [3.05, 3.63) is 41.6 Å². The molecule has 0 spiro atoms. The molecular weight excluding hydrogens is 242 g/mol. The van der Waals surface area contributed by atoms with E-state index in [0.29, 0.717) is 12.5 Å². The van der Waals surface area contributed by atoms with Crippen LogP contribution in [-0.4, -0.2) is 17.1 Å². The third-order valence-electron chi connectivity index (χ3n) is 2.62. The lowest BCUT2D eigenvalue weighted by molar-refractivity contribution is 0.414. The molecule has 100 valence electrons. The number of nitrogens with zero attached hydrogens (tertiary/aromatic N) is 2. The molecule has 0 aliphatic heterocycles. The molecule has 1 aromatic heterocycles. The Morgan fingerprint density at radius 3 is 2.58 bits per heavy atom. The summed E-state index contributed by atoms with van der Waals surface area (Å²) >= 11 is 0. The Morgan fingerprint density at radius 1 is 1.21 bits per heavy atom. The molecular formula is C13H17N5O. The summed E-state index contributed by atoms with van der Waals surface area (Å²) in [6, 6.07) is 9.72. The van der Waals surface area contributed by atoms with Gasteiger partial charge in [-0.1, -0.05) is 12.1 Å². The average Bonchev–Trinajstić information content (AvgIpc) is 2.45. The van der Waals surface area contributed by atoms with Crippen LogP contribution in [-0.2, 0) is 6.54 Å². The summed E-state index contributed by atoms with van der Waals surface area (Å²) < 4.78 is 5.11. The van der Waals surface area contributed by atoms with Crippen molar-refractivity contribution in [3.63, 3.8) is 0 Å². The zero-order chi connectivity index (χ0) is 13.7. The molecule has 1 heterocycles. The molecule has 0 saturated heterocycles. The quantitative estimate of drug-likeness (QED) is 0.559. The third kappa shape index (κ3) is 3.56. The molecule has 0 unspecified atom stereocenters. The minimum Gasteiger partial charge on any atom is -0.497 e. The van der Waals surface area contributed by atoms with Gasteiger partial charge in [-0.25, -0.2) is 10.8 Å². The second-order valence-electron chi connectivity index (χ2n) is 4.06. The van der Waals surface area contributed by atoms with Gasteiger partial charge in [-0.05, 0) is 24.6 Å². The van der Waals surface area contributed by atoms with Crippen molar-refractivity contribution in [2.75, 3.05) is 17.9 Å². The summed E-state index contributed by atoms with van der Waals surface area (Å²) in [4.78, 5) is 8.34. The number of rotatable bonds is 5. The number of methoxy groups -OCH3 is 1. The second kappa shape index (κ2) is 6.01. The summed E-state index contributed by atoms with van der Waals surface area (Å²) in [5, 5.41) is 3.23. The number of ether oxygens (including phenoxy) is 1. The van der Waals surface area contributed by atoms with Crippen LogP contribution in [0.15, 0.2) is 30.3 Å². The summed E-state index contributed by atoms with van der Waals surface area (Å²) in [7, 11) is 1.65. The molecule has 0 fully saturated rings. The van der Waals surface area contributed by atoms with Crippen LogP contribution < -0.4 is 21.3 Å². The number of nitrogens with one attached hydrogen (secondary N) is 2. The summed E-state index contributed by atoms with van der Waals surface area (Å²) in [6.07, 6.45) is 0. The van der Waals surface area contributed by atoms with Crippen LogP contribution in [0.3, 0.4) is 0 Å². The van der Waals surface area contributed by atoms with Crippen molar-refractivity contribution in [1.29, 1.82) is 0 Å². The van der Waals surface area contributed by atoms with Gasteiger partial charge in [0.2, 0.25) is 5.95 Å². The minimum atomic E-state index is 0.400. The smallest absolute Gasteiger partial charge is 0.239 e. The molecule has 1 aromatic carbocycles. The highest BCUT2D eigenvalue weighted by Crippen LogP contribution is 2.13. The van der Waals surface area contributed by atoms with E-state index >= 15 is 0 Å². The molecule has 0 aliphatic carbocycles. The Balaban J connectivity index is 2.03. The largest absolute Gasteiger partial charge is 0.497 e. The van der Waals surface area contributed by atoms with Crippen molar-refractivity contribution >= 4 is 11.8 Å². The van der Waals surface area contributed by atoms with Gasteiger partial charge in [0.15, 0.2) is 0 Å². The monoisotopic (exact) mass is 259 g/mol. The lowest BCUT2D eigenvalue weighted by atomic mass is 10.2. The van der Waals surface area contributed by atoms with Gasteiger partial charge >= 0.3 is 0 Å². The molecule has 2 aromatic rings. The molecule has 4 N–H and O–H groups in total. The predicted octanol–water partition coefficient (Wildman–Crippen LogP) is 1.69. The Bertz CT molecular complexity index is 541. The lowest BCUT2D eigenvalue weighted by Gasteiger charge is -2.08. The van der Waals surface area contributed by atoms with Crippen molar-refractivity contribution in [2.45, 2.75) is 13.5 Å². The summed E-state index contributed by atoms with van der Waals surface area (Å²) in [5.41, 5.74) is 4.43. The van der Waals surface area contributed by atoms with Gasteiger partial charge in [0, 0.05) is 18.3 Å². The third-order valence-corrected chi connectivity index (χ3v) is 2.62. The highest BCUT2D eigenvalue weighted by molar-refractivity contribution is 5.42. The minimum absolute atomic E-state index is 0.400. The molecule has 0 amide bonds. The zero-order valence-electron chi connectivity index (χ0n) is 11.0. The molecule has 2 rings (SSSR count). The number of nitrogen functional groups attached to an aromatic ring is 1. The van der Waals surface area contributed by atoms with Crippen molar-refractivity contribution in [2.24, 2.45) is 5.84 Å². The van der Waals surface area contributed by atoms with Gasteiger partial charge in [-0.15, -0.1) is 0 Å². The Labute approximate surface area is 112 Å². The molecule has 0 atom stereocenters. The van der Waals surface area contributed by atoms with E-state index in [2.05, 4.69) is 20.7 Å². The van der Waals surface area contributed by atoms with Crippen molar-refractivity contribution in [3.8, 4) is 5.75 Å². The van der Waals surface area contributed by atoms with Gasteiger partial charge in [-0.2, -0.15) is 4.98 Å². The normalized spacial score (nSPS) is 10.1. The first-order valence-electron chi connectivity index (χ1n) is 5.90. The summed E-state index contributed by atoms with van der Waals surface area (Å²) in [5.74, 6) is 7.29. The van der Waals surface area contributed by atoms with Crippen molar-refractivity contribution < 1.29 is 4.74 Å². The van der Waals surface area contributed by atoms with E-state index in [4.69, 9.17) is 10.6 Å². The Hall–Kier alpha value is -2.34. The number of benzene rings is 1. The standard InChI is InChI=1S/C13H17N5O/c1-9-7-12(17-13(16-9)18-14)15-8-10-3-5-11(19-2)6-4-10/h3-7H,8,14H2,1-2H3,(H2,15,16,17,18). The van der Waals surface area contributed by atoms with Crippen LogP contribution in [0, 0.1) is 6.92 Å². The van der Waals surface area contributed by atoms with Crippen LogP contribution in [0.1, 0.15) is 11.3 Å². The van der Waals surface area contributed by atoms with E-state index in [1.807, 2.05) is 37.3 Å². The van der Waals surface area contributed by atoms with Gasteiger partial charge in [0.25, 0.3) is 0 Å². The number of hydrogen-bond acceptors (Lipinski definition) is 6. The number of aromatic nitrogens is 2. The van der Waals surface area contributed by atoms with Crippen LogP contribution in [0.5, 0.6) is 5.75 Å². The first kappa shape index (κ1) is 13.1. The number of hydrazine groups is 1. The van der Waals surface area contributed by atoms with Gasteiger partial charge in [0.05, 0.1) is 7.11 Å². The molecule has 6 heteroatoms. The fraction of sp³-hybridized carbons (Fsp3) is 0.231. The van der Waals surface area contributed by atoms with Gasteiger partial charge in [0.1, 0.15) is 11.6 Å². The maximum absolute atomic E-state index is 5.31. The number of hydrogen-bond donors (Lipinski definition) is 3. The number of anilines is 2. The number of aryl methyl sites for hydroxylation is 1. The Morgan fingerprint density at radius 2 is 1.95 bits per heavy atom. The highest BCUT2D eigenvalue weighted by Gasteiger charge is 2.01. The molecule has 19 heavy (non-hydrogen) atoms. The van der Waals surface area contributed by atoms with Crippen molar-refractivity contribution in [1.82, 2.24) is 9.97 Å². The first-order valence-corrected chi connectivity index (χ1v) is 5.90. The highest BCUT2D eigenvalue weighted by atomic mass is 16.5. The Kier molecular flexibility index (Phi) is 4.15. The van der Waals surface area contributed by atoms with E-state index in [-0.39, 0.29) is 0 Å².